The summed E-state index contributed by atoms with van der Waals surface area (Å²) in [4.78, 5) is 0. The van der Waals surface area contributed by atoms with E-state index < -0.39 is 0 Å². The maximum atomic E-state index is 5.99. The van der Waals surface area contributed by atoms with Crippen molar-refractivity contribution in [1.82, 2.24) is 9.78 Å². The third-order valence-corrected chi connectivity index (χ3v) is 3.32. The first kappa shape index (κ1) is 13.1. The number of aromatic nitrogens is 2. The number of nitrogen functional groups attached to an aromatic ring is 1. The molecule has 1 aromatic heterocycles. The van der Waals surface area contributed by atoms with E-state index in [1.807, 2.05) is 31.2 Å². The van der Waals surface area contributed by atoms with Gasteiger partial charge in [-0.15, -0.1) is 0 Å². The number of anilines is 1. The molecular weight excluding hydrogens is 294 g/mol. The van der Waals surface area contributed by atoms with Crippen LogP contribution in [0.5, 0.6) is 0 Å². The fourth-order valence-corrected chi connectivity index (χ4v) is 2.41. The van der Waals surface area contributed by atoms with Gasteiger partial charge in [0.1, 0.15) is 5.82 Å². The Balaban J connectivity index is 2.35. The molecule has 18 heavy (non-hydrogen) atoms. The van der Waals surface area contributed by atoms with Gasteiger partial charge in [-0.05, 0) is 40.5 Å². The number of methoxy groups -OCH3 is 1. The predicted octanol–water partition coefficient (Wildman–Crippen LogP) is 2.71. The van der Waals surface area contributed by atoms with Crippen molar-refractivity contribution >= 4 is 21.7 Å². The molecular formula is C13H16BrN3O. The average molecular weight is 310 g/mol. The van der Waals surface area contributed by atoms with Gasteiger partial charge in [-0.3, -0.25) is 0 Å². The van der Waals surface area contributed by atoms with Gasteiger partial charge in [-0.2, -0.15) is 5.10 Å². The summed E-state index contributed by atoms with van der Waals surface area (Å²) in [7, 11) is 1.68. The molecule has 96 valence electrons. The number of ether oxygens (including phenoxy) is 1. The molecule has 0 saturated heterocycles. The van der Waals surface area contributed by atoms with Crippen LogP contribution < -0.4 is 5.73 Å². The topological polar surface area (TPSA) is 53.1 Å². The summed E-state index contributed by atoms with van der Waals surface area (Å²) in [6, 6.07) is 7.97. The van der Waals surface area contributed by atoms with Crippen LogP contribution in [0.2, 0.25) is 0 Å². The molecule has 0 aliphatic rings. The minimum atomic E-state index is 0.630. The number of nitrogens with zero attached hydrogens (tertiary/aromatic N) is 2. The summed E-state index contributed by atoms with van der Waals surface area (Å²) >= 11 is 3.54. The van der Waals surface area contributed by atoms with E-state index in [1.165, 1.54) is 5.56 Å². The lowest BCUT2D eigenvalue weighted by Crippen LogP contribution is -2.03. The summed E-state index contributed by atoms with van der Waals surface area (Å²) in [6.45, 7) is 2.69. The van der Waals surface area contributed by atoms with E-state index in [1.54, 1.807) is 11.8 Å². The maximum Gasteiger partial charge on any atom is 0.127 e. The molecule has 5 heteroatoms. The third-order valence-electron chi connectivity index (χ3n) is 2.68. The van der Waals surface area contributed by atoms with Crippen LogP contribution in [0.25, 0.3) is 5.69 Å². The fourth-order valence-electron chi connectivity index (χ4n) is 1.75. The van der Waals surface area contributed by atoms with E-state index in [-0.39, 0.29) is 0 Å². The predicted molar refractivity (Wildman–Crippen MR) is 76.0 cm³/mol. The summed E-state index contributed by atoms with van der Waals surface area (Å²) in [6.07, 6.45) is 0.761. The molecule has 2 aromatic rings. The second kappa shape index (κ2) is 5.54. The normalized spacial score (nSPS) is 10.8. The molecule has 0 aliphatic carbocycles. The summed E-state index contributed by atoms with van der Waals surface area (Å²) in [5.41, 5.74) is 9.06. The van der Waals surface area contributed by atoms with Gasteiger partial charge in [0.15, 0.2) is 0 Å². The quantitative estimate of drug-likeness (QED) is 0.944. The number of benzene rings is 1. The van der Waals surface area contributed by atoms with Gasteiger partial charge in [0.05, 0.1) is 18.0 Å². The average Bonchev–Trinajstić information content (AvgIpc) is 2.68. The van der Waals surface area contributed by atoms with E-state index in [2.05, 4.69) is 21.0 Å². The summed E-state index contributed by atoms with van der Waals surface area (Å²) in [5.74, 6) is 0.630. The number of rotatable bonds is 4. The van der Waals surface area contributed by atoms with Gasteiger partial charge in [-0.25, -0.2) is 4.68 Å². The van der Waals surface area contributed by atoms with Crippen molar-refractivity contribution in [3.8, 4) is 5.69 Å². The van der Waals surface area contributed by atoms with Gasteiger partial charge in [-0.1, -0.05) is 6.07 Å². The molecule has 2 N–H and O–H groups in total. The van der Waals surface area contributed by atoms with Crippen molar-refractivity contribution in [3.05, 3.63) is 40.0 Å². The number of aryl methyl sites for hydroxylation is 1. The zero-order valence-electron chi connectivity index (χ0n) is 10.5. The minimum Gasteiger partial charge on any atom is -0.384 e. The number of nitrogens with two attached hydrogens (primary N) is 1. The number of halogens is 1. The van der Waals surface area contributed by atoms with Crippen LogP contribution in [-0.4, -0.2) is 23.5 Å². The first-order chi connectivity index (χ1) is 8.61. The Hall–Kier alpha value is -1.33. The van der Waals surface area contributed by atoms with Crippen LogP contribution >= 0.6 is 15.9 Å². The molecule has 0 unspecified atom stereocenters. The SMILES string of the molecule is COCCc1cc(N)n(-c2ccc(C)cc2Br)n1. The number of hydrogen-bond acceptors (Lipinski definition) is 3. The van der Waals surface area contributed by atoms with Crippen LogP contribution in [0.15, 0.2) is 28.7 Å². The second-order valence-corrected chi connectivity index (χ2v) is 5.02. The van der Waals surface area contributed by atoms with Gasteiger partial charge < -0.3 is 10.5 Å². The highest BCUT2D eigenvalue weighted by Crippen LogP contribution is 2.24. The van der Waals surface area contributed by atoms with Gasteiger partial charge >= 0.3 is 0 Å². The van der Waals surface area contributed by atoms with E-state index in [4.69, 9.17) is 10.5 Å². The van der Waals surface area contributed by atoms with E-state index >= 15 is 0 Å². The minimum absolute atomic E-state index is 0.630. The second-order valence-electron chi connectivity index (χ2n) is 4.17. The highest BCUT2D eigenvalue weighted by Gasteiger charge is 2.09. The van der Waals surface area contributed by atoms with Crippen molar-refractivity contribution < 1.29 is 4.74 Å². The van der Waals surface area contributed by atoms with Crippen LogP contribution in [0.3, 0.4) is 0 Å². The zero-order valence-corrected chi connectivity index (χ0v) is 12.1. The molecule has 1 heterocycles. The first-order valence-corrected chi connectivity index (χ1v) is 6.51. The summed E-state index contributed by atoms with van der Waals surface area (Å²) in [5, 5.41) is 4.49. The molecule has 0 spiro atoms. The standard InChI is InChI=1S/C13H16BrN3O/c1-9-3-4-12(11(14)7-9)17-13(15)8-10(16-17)5-6-18-2/h3-4,7-8H,5-6,15H2,1-2H3. The zero-order chi connectivity index (χ0) is 13.1. The van der Waals surface area contributed by atoms with Crippen LogP contribution in [0.4, 0.5) is 5.82 Å². The van der Waals surface area contributed by atoms with Crippen molar-refractivity contribution in [3.63, 3.8) is 0 Å². The lowest BCUT2D eigenvalue weighted by Gasteiger charge is -2.07. The molecule has 0 bridgehead atoms. The third kappa shape index (κ3) is 2.73. The Kier molecular flexibility index (Phi) is 4.04. The van der Waals surface area contributed by atoms with Crippen LogP contribution in [0, 0.1) is 6.92 Å². The molecule has 0 amide bonds. The molecule has 0 atom stereocenters. The first-order valence-electron chi connectivity index (χ1n) is 5.71. The van der Waals surface area contributed by atoms with Crippen molar-refractivity contribution in [1.29, 1.82) is 0 Å². The Morgan fingerprint density at radius 1 is 1.39 bits per heavy atom. The van der Waals surface area contributed by atoms with Crippen molar-refractivity contribution in [2.45, 2.75) is 13.3 Å². The van der Waals surface area contributed by atoms with E-state index in [0.29, 0.717) is 12.4 Å². The maximum absolute atomic E-state index is 5.99. The molecule has 4 nitrogen and oxygen atoms in total. The highest BCUT2D eigenvalue weighted by molar-refractivity contribution is 9.10. The lowest BCUT2D eigenvalue weighted by atomic mass is 10.2. The molecule has 0 saturated carbocycles. The van der Waals surface area contributed by atoms with E-state index in [9.17, 15) is 0 Å². The highest BCUT2D eigenvalue weighted by atomic mass is 79.9. The Morgan fingerprint density at radius 3 is 2.83 bits per heavy atom. The smallest absolute Gasteiger partial charge is 0.127 e. The Morgan fingerprint density at radius 2 is 2.17 bits per heavy atom. The Labute approximate surface area is 115 Å². The van der Waals surface area contributed by atoms with Gasteiger partial charge in [0.2, 0.25) is 0 Å². The molecule has 1 aromatic carbocycles. The molecule has 2 rings (SSSR count). The van der Waals surface area contributed by atoms with Crippen LogP contribution in [0.1, 0.15) is 11.3 Å². The molecule has 0 radical (unpaired) electrons. The number of hydrogen-bond donors (Lipinski definition) is 1. The monoisotopic (exact) mass is 309 g/mol. The van der Waals surface area contributed by atoms with E-state index in [0.717, 1.165) is 22.3 Å². The molecule has 0 fully saturated rings. The van der Waals surface area contributed by atoms with Gasteiger partial charge in [0.25, 0.3) is 0 Å². The van der Waals surface area contributed by atoms with Gasteiger partial charge in [0, 0.05) is 24.1 Å². The Bertz CT molecular complexity index is 551. The van der Waals surface area contributed by atoms with Crippen molar-refractivity contribution in [2.24, 2.45) is 0 Å². The fraction of sp³-hybridized carbons (Fsp3) is 0.308. The summed E-state index contributed by atoms with van der Waals surface area (Å²) < 4.78 is 7.77. The largest absolute Gasteiger partial charge is 0.384 e. The van der Waals surface area contributed by atoms with Crippen LogP contribution in [-0.2, 0) is 11.2 Å². The van der Waals surface area contributed by atoms with Crippen molar-refractivity contribution in [2.75, 3.05) is 19.5 Å². The lowest BCUT2D eigenvalue weighted by molar-refractivity contribution is 0.201. The molecule has 0 aliphatic heterocycles.